The summed E-state index contributed by atoms with van der Waals surface area (Å²) in [5.74, 6) is 0.0331. The largest absolute Gasteiger partial charge is 0.299 e. The van der Waals surface area contributed by atoms with Gasteiger partial charge in [0.15, 0.2) is 5.78 Å². The van der Waals surface area contributed by atoms with Crippen LogP contribution in [0.15, 0.2) is 24.3 Å². The quantitative estimate of drug-likeness (QED) is 0.414. The third kappa shape index (κ3) is 2.39. The van der Waals surface area contributed by atoms with Crippen LogP contribution in [0.5, 0.6) is 0 Å². The summed E-state index contributed by atoms with van der Waals surface area (Å²) >= 11 is 0. The molecular weight excluding hydrogens is 176 g/mol. The topological polar surface area (TPSA) is 34.1 Å². The van der Waals surface area contributed by atoms with Gasteiger partial charge in [-0.2, -0.15) is 0 Å². The minimum Gasteiger partial charge on any atom is -0.299 e. The fourth-order valence-electron chi connectivity index (χ4n) is 1.18. The molecule has 0 spiro atoms. The van der Waals surface area contributed by atoms with Crippen molar-refractivity contribution in [3.63, 3.8) is 0 Å². The van der Waals surface area contributed by atoms with Gasteiger partial charge in [0.2, 0.25) is 0 Å². The summed E-state index contributed by atoms with van der Waals surface area (Å²) < 4.78 is 0. The first-order valence-corrected chi connectivity index (χ1v) is 4.38. The zero-order chi connectivity index (χ0) is 10.6. The van der Waals surface area contributed by atoms with E-state index in [2.05, 4.69) is 0 Å². The summed E-state index contributed by atoms with van der Waals surface area (Å²) in [6.07, 6.45) is 3.85. The number of rotatable bonds is 3. The molecule has 1 aromatic carbocycles. The second-order valence-electron chi connectivity index (χ2n) is 3.12. The number of hydrogen-bond donors (Lipinski definition) is 0. The van der Waals surface area contributed by atoms with Crippen LogP contribution < -0.4 is 0 Å². The van der Waals surface area contributed by atoms with Crippen LogP contribution in [0, 0.1) is 6.92 Å². The molecule has 0 unspecified atom stereocenters. The van der Waals surface area contributed by atoms with Gasteiger partial charge < -0.3 is 0 Å². The number of allylic oxidation sites excluding steroid dienone is 1. The van der Waals surface area contributed by atoms with E-state index < -0.39 is 0 Å². The van der Waals surface area contributed by atoms with Crippen LogP contribution in [-0.4, -0.2) is 12.1 Å². The molecule has 1 aromatic rings. The molecule has 72 valence electrons. The third-order valence-electron chi connectivity index (χ3n) is 2.04. The second-order valence-corrected chi connectivity index (χ2v) is 3.12. The Morgan fingerprint density at radius 2 is 2.07 bits per heavy atom. The summed E-state index contributed by atoms with van der Waals surface area (Å²) in [7, 11) is 0. The first-order valence-electron chi connectivity index (χ1n) is 4.38. The normalized spacial score (nSPS) is 10.4. The van der Waals surface area contributed by atoms with E-state index in [1.807, 2.05) is 13.0 Å². The molecule has 2 heteroatoms. The van der Waals surface area contributed by atoms with E-state index >= 15 is 0 Å². The van der Waals surface area contributed by atoms with Gasteiger partial charge in [0.1, 0.15) is 6.29 Å². The van der Waals surface area contributed by atoms with Crippen molar-refractivity contribution in [1.29, 1.82) is 0 Å². The van der Waals surface area contributed by atoms with E-state index in [4.69, 9.17) is 0 Å². The predicted octanol–water partition coefficient (Wildman–Crippen LogP) is 2.41. The Morgan fingerprint density at radius 3 is 2.64 bits per heavy atom. The molecule has 0 aliphatic heterocycles. The molecule has 0 heterocycles. The highest BCUT2D eigenvalue weighted by atomic mass is 16.1. The van der Waals surface area contributed by atoms with Crippen molar-refractivity contribution in [3.8, 4) is 0 Å². The lowest BCUT2D eigenvalue weighted by molar-refractivity contribution is -0.104. The monoisotopic (exact) mass is 188 g/mol. The van der Waals surface area contributed by atoms with Crippen LogP contribution in [0.3, 0.4) is 0 Å². The van der Waals surface area contributed by atoms with Crippen molar-refractivity contribution in [2.24, 2.45) is 0 Å². The molecule has 2 nitrogen and oxygen atoms in total. The fourth-order valence-corrected chi connectivity index (χ4v) is 1.18. The summed E-state index contributed by atoms with van der Waals surface area (Å²) in [6.45, 7) is 3.46. The van der Waals surface area contributed by atoms with E-state index in [1.54, 1.807) is 18.2 Å². The Morgan fingerprint density at radius 1 is 1.36 bits per heavy atom. The van der Waals surface area contributed by atoms with Crippen LogP contribution in [0.2, 0.25) is 0 Å². The molecule has 0 aliphatic rings. The number of aldehydes is 1. The van der Waals surface area contributed by atoms with E-state index in [9.17, 15) is 9.59 Å². The van der Waals surface area contributed by atoms with Crippen molar-refractivity contribution in [2.75, 3.05) is 0 Å². The zero-order valence-corrected chi connectivity index (χ0v) is 8.28. The lowest BCUT2D eigenvalue weighted by atomic mass is 10.0. The van der Waals surface area contributed by atoms with E-state index in [-0.39, 0.29) is 5.78 Å². The van der Waals surface area contributed by atoms with Crippen LogP contribution in [0.4, 0.5) is 0 Å². The van der Waals surface area contributed by atoms with Gasteiger partial charge in [0, 0.05) is 5.56 Å². The van der Waals surface area contributed by atoms with Crippen LogP contribution in [0.25, 0.3) is 6.08 Å². The predicted molar refractivity (Wildman–Crippen MR) is 56.3 cm³/mol. The van der Waals surface area contributed by atoms with Gasteiger partial charge in [-0.25, -0.2) is 0 Å². The van der Waals surface area contributed by atoms with Crippen LogP contribution >= 0.6 is 0 Å². The number of hydrogen-bond acceptors (Lipinski definition) is 2. The molecule has 14 heavy (non-hydrogen) atoms. The van der Waals surface area contributed by atoms with Crippen LogP contribution in [0.1, 0.15) is 28.4 Å². The molecule has 1 rings (SSSR count). The van der Waals surface area contributed by atoms with Gasteiger partial charge in [-0.05, 0) is 37.1 Å². The zero-order valence-electron chi connectivity index (χ0n) is 8.28. The van der Waals surface area contributed by atoms with E-state index in [0.29, 0.717) is 5.56 Å². The molecule has 0 aliphatic carbocycles. The molecular formula is C12H12O2. The molecule has 0 bridgehead atoms. The minimum absolute atomic E-state index is 0.0331. The number of carbonyl (C=O) groups excluding carboxylic acids is 2. The molecule has 0 saturated heterocycles. The Kier molecular flexibility index (Phi) is 3.35. The second kappa shape index (κ2) is 4.51. The summed E-state index contributed by atoms with van der Waals surface area (Å²) in [5, 5.41) is 0. The van der Waals surface area contributed by atoms with Gasteiger partial charge in [-0.1, -0.05) is 18.2 Å². The van der Waals surface area contributed by atoms with Gasteiger partial charge >= 0.3 is 0 Å². The SMILES string of the molecule is CC(=O)c1ccc(C)c(C=CC=O)c1. The van der Waals surface area contributed by atoms with Crippen molar-refractivity contribution >= 4 is 18.1 Å². The van der Waals surface area contributed by atoms with Gasteiger partial charge in [0.05, 0.1) is 0 Å². The third-order valence-corrected chi connectivity index (χ3v) is 2.04. The summed E-state index contributed by atoms with van der Waals surface area (Å²) in [5.41, 5.74) is 2.62. The van der Waals surface area contributed by atoms with E-state index in [1.165, 1.54) is 13.0 Å². The molecule has 0 aromatic heterocycles. The number of Topliss-reactive ketones (excluding diaryl/α,β-unsaturated/α-hetero) is 1. The molecule has 0 fully saturated rings. The van der Waals surface area contributed by atoms with Crippen LogP contribution in [-0.2, 0) is 4.79 Å². The van der Waals surface area contributed by atoms with Crippen molar-refractivity contribution in [1.82, 2.24) is 0 Å². The average Bonchev–Trinajstić information content (AvgIpc) is 2.16. The maximum Gasteiger partial charge on any atom is 0.159 e. The smallest absolute Gasteiger partial charge is 0.159 e. The Balaban J connectivity index is 3.14. The average molecular weight is 188 g/mol. The molecule has 0 saturated carbocycles. The fraction of sp³-hybridized carbons (Fsp3) is 0.167. The highest BCUT2D eigenvalue weighted by Crippen LogP contribution is 2.13. The maximum atomic E-state index is 11.1. The Labute approximate surface area is 83.3 Å². The molecule has 0 atom stereocenters. The van der Waals surface area contributed by atoms with E-state index in [0.717, 1.165) is 17.4 Å². The lowest BCUT2D eigenvalue weighted by Crippen LogP contribution is -1.93. The number of ketones is 1. The van der Waals surface area contributed by atoms with Gasteiger partial charge in [-0.15, -0.1) is 0 Å². The highest BCUT2D eigenvalue weighted by Gasteiger charge is 2.01. The first-order chi connectivity index (χ1) is 6.65. The Bertz CT molecular complexity index is 389. The molecule has 0 radical (unpaired) electrons. The van der Waals surface area contributed by atoms with Crippen molar-refractivity contribution < 1.29 is 9.59 Å². The minimum atomic E-state index is 0.0331. The number of carbonyl (C=O) groups is 2. The highest BCUT2D eigenvalue weighted by molar-refractivity contribution is 5.94. The lowest BCUT2D eigenvalue weighted by Gasteiger charge is -2.02. The number of aryl methyl sites for hydroxylation is 1. The maximum absolute atomic E-state index is 11.1. The molecule has 0 amide bonds. The van der Waals surface area contributed by atoms with Crippen molar-refractivity contribution in [2.45, 2.75) is 13.8 Å². The summed E-state index contributed by atoms with van der Waals surface area (Å²) in [4.78, 5) is 21.2. The molecule has 0 N–H and O–H groups in total. The van der Waals surface area contributed by atoms with Gasteiger partial charge in [0.25, 0.3) is 0 Å². The Hall–Kier alpha value is -1.70. The summed E-state index contributed by atoms with van der Waals surface area (Å²) in [6, 6.07) is 5.45. The van der Waals surface area contributed by atoms with Crippen molar-refractivity contribution in [3.05, 3.63) is 41.0 Å². The standard InChI is InChI=1S/C12H12O2/c1-9-5-6-12(10(2)14)8-11(9)4-3-7-13/h3-8H,1-2H3. The first kappa shape index (κ1) is 10.4. The number of benzene rings is 1. The van der Waals surface area contributed by atoms with Gasteiger partial charge in [-0.3, -0.25) is 9.59 Å².